The predicted molar refractivity (Wildman–Crippen MR) is 156 cm³/mol. The van der Waals surface area contributed by atoms with Gasteiger partial charge in [0, 0.05) is 37.5 Å². The molecule has 0 saturated heterocycles. The summed E-state index contributed by atoms with van der Waals surface area (Å²) in [5.74, 6) is 0.277. The third-order valence-electron chi connectivity index (χ3n) is 6.75. The molecule has 0 spiro atoms. The molecular formula is C28H31N9O5. The Hall–Kier alpha value is -5.27. The molecule has 1 aliphatic rings. The highest BCUT2D eigenvalue weighted by atomic mass is 16.6. The van der Waals surface area contributed by atoms with Gasteiger partial charge < -0.3 is 20.4 Å². The number of hydrogen-bond acceptors (Lipinski definition) is 9. The van der Waals surface area contributed by atoms with Crippen molar-refractivity contribution < 1.29 is 19.2 Å². The summed E-state index contributed by atoms with van der Waals surface area (Å²) in [7, 11) is 0. The fourth-order valence-corrected chi connectivity index (χ4v) is 4.48. The summed E-state index contributed by atoms with van der Waals surface area (Å²) in [5.41, 5.74) is 7.83. The van der Waals surface area contributed by atoms with Crippen LogP contribution < -0.4 is 21.1 Å². The summed E-state index contributed by atoms with van der Waals surface area (Å²) in [5, 5.41) is 21.5. The lowest BCUT2D eigenvalue weighted by Gasteiger charge is -2.13. The van der Waals surface area contributed by atoms with E-state index in [1.807, 2.05) is 19.9 Å². The van der Waals surface area contributed by atoms with Gasteiger partial charge in [-0.2, -0.15) is 5.10 Å². The molecule has 0 radical (unpaired) electrons. The van der Waals surface area contributed by atoms with Crippen LogP contribution in [-0.2, 0) is 13.1 Å². The van der Waals surface area contributed by atoms with Crippen molar-refractivity contribution >= 4 is 40.3 Å². The molecule has 14 nitrogen and oxygen atoms in total. The number of carbonyl (C=O) groups is 2. The van der Waals surface area contributed by atoms with Crippen molar-refractivity contribution in [3.05, 3.63) is 75.7 Å². The van der Waals surface area contributed by atoms with E-state index in [0.717, 1.165) is 12.8 Å². The summed E-state index contributed by atoms with van der Waals surface area (Å²) in [4.78, 5) is 44.9. The first-order chi connectivity index (χ1) is 20.2. The van der Waals surface area contributed by atoms with Crippen LogP contribution in [0.1, 0.15) is 46.3 Å². The van der Waals surface area contributed by atoms with Crippen molar-refractivity contribution in [2.75, 3.05) is 23.8 Å². The second kappa shape index (κ2) is 12.1. The number of pyridine rings is 1. The first-order valence-corrected chi connectivity index (χ1v) is 13.6. The number of ether oxygens (including phenoxy) is 1. The van der Waals surface area contributed by atoms with E-state index < -0.39 is 16.7 Å². The molecule has 1 saturated carbocycles. The molecular weight excluding hydrogens is 542 g/mol. The van der Waals surface area contributed by atoms with Crippen LogP contribution in [0.4, 0.5) is 17.5 Å². The molecule has 1 aliphatic carbocycles. The number of carbonyl (C=O) groups excluding carboxylic acids is 2. The Labute approximate surface area is 240 Å². The molecule has 0 aliphatic heterocycles. The lowest BCUT2D eigenvalue weighted by atomic mass is 10.1. The number of nitro groups is 1. The number of fused-ring (bicyclic) bond motifs is 1. The van der Waals surface area contributed by atoms with Gasteiger partial charge in [0.2, 0.25) is 17.7 Å². The SMILES string of the molecule is CCn1nc(C)cc1C(=O)Nc1nc2cc(C(N)=O)cc(OCC3CC3)c2n1C/C=C/CNc1ncccc1[N+](=O)[O-]. The van der Waals surface area contributed by atoms with Crippen molar-refractivity contribution in [3.63, 3.8) is 0 Å². The van der Waals surface area contributed by atoms with Gasteiger partial charge >= 0.3 is 5.69 Å². The lowest BCUT2D eigenvalue weighted by Crippen LogP contribution is -2.20. The molecule has 42 heavy (non-hydrogen) atoms. The Morgan fingerprint density at radius 3 is 2.79 bits per heavy atom. The van der Waals surface area contributed by atoms with Crippen LogP contribution in [0.15, 0.2) is 48.7 Å². The van der Waals surface area contributed by atoms with Gasteiger partial charge in [0.25, 0.3) is 5.91 Å². The van der Waals surface area contributed by atoms with Gasteiger partial charge in [-0.05, 0) is 56.9 Å². The highest BCUT2D eigenvalue weighted by Crippen LogP contribution is 2.34. The number of benzene rings is 1. The third-order valence-corrected chi connectivity index (χ3v) is 6.75. The molecule has 5 rings (SSSR count). The number of hydrogen-bond donors (Lipinski definition) is 3. The molecule has 0 atom stereocenters. The van der Waals surface area contributed by atoms with Gasteiger partial charge in [-0.1, -0.05) is 12.2 Å². The number of anilines is 2. The first kappa shape index (κ1) is 28.3. The van der Waals surface area contributed by atoms with Crippen molar-refractivity contribution in [1.29, 1.82) is 0 Å². The summed E-state index contributed by atoms with van der Waals surface area (Å²) in [6.45, 7) is 5.23. The maximum atomic E-state index is 13.3. The second-order valence-corrected chi connectivity index (χ2v) is 9.93. The number of nitrogens with one attached hydrogen (secondary N) is 2. The number of imidazole rings is 1. The molecule has 4 aromatic rings. The minimum Gasteiger partial charge on any atom is -0.491 e. The number of aryl methyl sites for hydroxylation is 2. The number of rotatable bonds is 13. The zero-order chi connectivity index (χ0) is 29.8. The summed E-state index contributed by atoms with van der Waals surface area (Å²) in [6.07, 6.45) is 7.24. The minimum atomic E-state index is -0.620. The highest BCUT2D eigenvalue weighted by molar-refractivity contribution is 6.04. The number of aromatic nitrogens is 5. The van der Waals surface area contributed by atoms with E-state index in [0.29, 0.717) is 47.2 Å². The van der Waals surface area contributed by atoms with Gasteiger partial charge in [0.05, 0.1) is 22.7 Å². The Balaban J connectivity index is 1.47. The topological polar surface area (TPSA) is 185 Å². The van der Waals surface area contributed by atoms with Crippen molar-refractivity contribution in [2.45, 2.75) is 39.8 Å². The first-order valence-electron chi connectivity index (χ1n) is 13.6. The van der Waals surface area contributed by atoms with Crippen LogP contribution in [0.5, 0.6) is 5.75 Å². The van der Waals surface area contributed by atoms with E-state index in [9.17, 15) is 19.7 Å². The minimum absolute atomic E-state index is 0.124. The van der Waals surface area contributed by atoms with Crippen LogP contribution in [0.3, 0.4) is 0 Å². The zero-order valence-corrected chi connectivity index (χ0v) is 23.2. The molecule has 2 amide bonds. The monoisotopic (exact) mass is 573 g/mol. The normalized spacial score (nSPS) is 13.0. The Kier molecular flexibility index (Phi) is 8.13. The fraction of sp³-hybridized carbons (Fsp3) is 0.321. The van der Waals surface area contributed by atoms with Gasteiger partial charge in [-0.15, -0.1) is 0 Å². The van der Waals surface area contributed by atoms with Crippen LogP contribution in [0, 0.1) is 23.0 Å². The van der Waals surface area contributed by atoms with Crippen molar-refractivity contribution in [3.8, 4) is 5.75 Å². The van der Waals surface area contributed by atoms with E-state index in [4.69, 9.17) is 10.5 Å². The molecule has 3 heterocycles. The molecule has 1 aromatic carbocycles. The van der Waals surface area contributed by atoms with E-state index >= 15 is 0 Å². The molecule has 0 unspecified atom stereocenters. The van der Waals surface area contributed by atoms with Gasteiger partial charge in [0.1, 0.15) is 17.0 Å². The predicted octanol–water partition coefficient (Wildman–Crippen LogP) is 3.67. The number of nitrogens with two attached hydrogens (primary N) is 1. The molecule has 14 heteroatoms. The van der Waals surface area contributed by atoms with Crippen LogP contribution in [0.25, 0.3) is 11.0 Å². The third kappa shape index (κ3) is 6.22. The summed E-state index contributed by atoms with van der Waals surface area (Å²) < 4.78 is 9.52. The summed E-state index contributed by atoms with van der Waals surface area (Å²) in [6, 6.07) is 7.74. The fourth-order valence-electron chi connectivity index (χ4n) is 4.48. The Morgan fingerprint density at radius 1 is 1.26 bits per heavy atom. The maximum absolute atomic E-state index is 13.3. The zero-order valence-electron chi connectivity index (χ0n) is 23.2. The van der Waals surface area contributed by atoms with Crippen molar-refractivity contribution in [2.24, 2.45) is 11.7 Å². The van der Waals surface area contributed by atoms with E-state index in [1.54, 1.807) is 33.5 Å². The van der Waals surface area contributed by atoms with E-state index in [-0.39, 0.29) is 36.1 Å². The largest absolute Gasteiger partial charge is 0.491 e. The second-order valence-electron chi connectivity index (χ2n) is 9.93. The van der Waals surface area contributed by atoms with Gasteiger partial charge in [-0.3, -0.25) is 29.7 Å². The Bertz CT molecular complexity index is 1690. The molecule has 218 valence electrons. The highest BCUT2D eigenvalue weighted by Gasteiger charge is 2.25. The van der Waals surface area contributed by atoms with E-state index in [2.05, 4.69) is 25.7 Å². The smallest absolute Gasteiger partial charge is 0.311 e. The lowest BCUT2D eigenvalue weighted by molar-refractivity contribution is -0.384. The maximum Gasteiger partial charge on any atom is 0.311 e. The molecule has 4 N–H and O–H groups in total. The van der Waals surface area contributed by atoms with Crippen LogP contribution in [-0.4, -0.2) is 54.2 Å². The van der Waals surface area contributed by atoms with E-state index in [1.165, 1.54) is 18.3 Å². The van der Waals surface area contributed by atoms with Gasteiger partial charge in [0.15, 0.2) is 0 Å². The van der Waals surface area contributed by atoms with Crippen LogP contribution >= 0.6 is 0 Å². The number of nitrogens with zero attached hydrogens (tertiary/aromatic N) is 6. The van der Waals surface area contributed by atoms with Gasteiger partial charge in [-0.25, -0.2) is 9.97 Å². The average Bonchev–Trinajstić information content (AvgIpc) is 3.63. The number of allylic oxidation sites excluding steroid dienone is 1. The Morgan fingerprint density at radius 2 is 2.07 bits per heavy atom. The molecule has 1 fully saturated rings. The number of amides is 2. The molecule has 0 bridgehead atoms. The molecule has 3 aromatic heterocycles. The van der Waals surface area contributed by atoms with Crippen molar-refractivity contribution in [1.82, 2.24) is 24.3 Å². The van der Waals surface area contributed by atoms with Crippen LogP contribution in [0.2, 0.25) is 0 Å². The quantitative estimate of drug-likeness (QED) is 0.122. The number of primary amides is 1. The average molecular weight is 574 g/mol. The summed E-state index contributed by atoms with van der Waals surface area (Å²) >= 11 is 0. The standard InChI is InChI=1S/C28H31N9O5/c1-3-36-22(13-17(2)34-36)27(39)33-28-32-20-14-19(25(29)38)15-23(42-16-18-8-9-18)24(20)35(28)12-5-4-10-30-26-21(37(40)41)7-6-11-31-26/h4-7,11,13-15,18H,3,8-10,12,16H2,1-2H3,(H2,29,38)(H,30,31)(H,32,33,39)/b5-4+.